The van der Waals surface area contributed by atoms with Crippen molar-refractivity contribution in [3.05, 3.63) is 133 Å². The molecule has 0 bridgehead atoms. The summed E-state index contributed by atoms with van der Waals surface area (Å²) in [6.07, 6.45) is 0. The Bertz CT molecular complexity index is 1770. The second kappa shape index (κ2) is 10.1. The van der Waals surface area contributed by atoms with Crippen molar-refractivity contribution in [1.29, 1.82) is 0 Å². The van der Waals surface area contributed by atoms with E-state index in [1.54, 1.807) is 0 Å². The van der Waals surface area contributed by atoms with Crippen LogP contribution in [0.2, 0.25) is 0 Å². The first-order chi connectivity index (χ1) is 20.3. The Kier molecular flexibility index (Phi) is 5.98. The van der Waals surface area contributed by atoms with Crippen LogP contribution in [0.3, 0.4) is 0 Å². The molecule has 0 saturated heterocycles. The highest BCUT2D eigenvalue weighted by Crippen LogP contribution is 2.49. The summed E-state index contributed by atoms with van der Waals surface area (Å²) in [4.78, 5) is 5.04. The Balaban J connectivity index is 1.01. The summed E-state index contributed by atoms with van der Waals surface area (Å²) < 4.78 is 0. The summed E-state index contributed by atoms with van der Waals surface area (Å²) in [5.41, 5.74) is 11.7. The normalized spacial score (nSPS) is 12.6. The van der Waals surface area contributed by atoms with Crippen molar-refractivity contribution in [1.82, 2.24) is 0 Å². The second-order valence-electron chi connectivity index (χ2n) is 10.1. The van der Waals surface area contributed by atoms with Crippen LogP contribution in [-0.4, -0.2) is 0 Å². The summed E-state index contributed by atoms with van der Waals surface area (Å²) in [6.45, 7) is 0. The van der Waals surface area contributed by atoms with E-state index in [0.717, 1.165) is 22.7 Å². The lowest BCUT2D eigenvalue weighted by Crippen LogP contribution is -2.00. The van der Waals surface area contributed by atoms with Crippen LogP contribution in [0.5, 0.6) is 0 Å². The summed E-state index contributed by atoms with van der Waals surface area (Å²) >= 11 is 3.66. The average Bonchev–Trinajstić information content (AvgIpc) is 3.03. The maximum absolute atomic E-state index is 3.59. The van der Waals surface area contributed by atoms with Gasteiger partial charge in [0.1, 0.15) is 0 Å². The fourth-order valence-corrected chi connectivity index (χ4v) is 7.65. The molecular formula is C36H25N3S2. The average molecular weight is 564 g/mol. The molecule has 196 valence electrons. The van der Waals surface area contributed by atoms with Crippen molar-refractivity contribution < 1.29 is 0 Å². The molecule has 2 aliphatic rings. The molecule has 0 unspecified atom stereocenters. The van der Waals surface area contributed by atoms with Gasteiger partial charge in [-0.1, -0.05) is 96.3 Å². The van der Waals surface area contributed by atoms with Gasteiger partial charge in [0.05, 0.1) is 22.7 Å². The van der Waals surface area contributed by atoms with Gasteiger partial charge in [-0.2, -0.15) is 0 Å². The molecule has 0 atom stereocenters. The second-order valence-corrected chi connectivity index (χ2v) is 12.2. The van der Waals surface area contributed by atoms with Gasteiger partial charge in [-0.15, -0.1) is 0 Å². The van der Waals surface area contributed by atoms with Crippen LogP contribution in [0.4, 0.5) is 34.1 Å². The Hall–Kier alpha value is -4.58. The van der Waals surface area contributed by atoms with Crippen molar-refractivity contribution >= 4 is 57.6 Å². The third-order valence-electron chi connectivity index (χ3n) is 7.45. The van der Waals surface area contributed by atoms with Gasteiger partial charge in [0.25, 0.3) is 0 Å². The lowest BCUT2D eigenvalue weighted by Gasteiger charge is -2.23. The number of benzene rings is 6. The highest BCUT2D eigenvalue weighted by atomic mass is 32.2. The minimum Gasteiger partial charge on any atom is -0.356 e. The van der Waals surface area contributed by atoms with Crippen LogP contribution in [0, 0.1) is 0 Å². The standard InChI is InChI=1S/C36H25N3S2/c1-3-13-33-29(9-1)38-31-11-5-7-27(35(31)40-33)23-15-19-25(20-16-23)37-26-21-17-24(18-22-26)28-8-6-12-32-36(28)41-34-14-4-2-10-30(34)39-32/h1-22,37-39H. The largest absolute Gasteiger partial charge is 0.356 e. The number of para-hydroxylation sites is 2. The molecule has 3 nitrogen and oxygen atoms in total. The topological polar surface area (TPSA) is 36.1 Å². The van der Waals surface area contributed by atoms with E-state index in [4.69, 9.17) is 0 Å². The van der Waals surface area contributed by atoms with E-state index in [0.29, 0.717) is 0 Å². The van der Waals surface area contributed by atoms with Crippen LogP contribution in [0.15, 0.2) is 153 Å². The van der Waals surface area contributed by atoms with E-state index < -0.39 is 0 Å². The van der Waals surface area contributed by atoms with Gasteiger partial charge in [-0.25, -0.2) is 0 Å². The van der Waals surface area contributed by atoms with Gasteiger partial charge >= 0.3 is 0 Å². The zero-order chi connectivity index (χ0) is 27.2. The van der Waals surface area contributed by atoms with Gasteiger partial charge in [0, 0.05) is 31.0 Å². The van der Waals surface area contributed by atoms with E-state index in [1.807, 2.05) is 23.5 Å². The van der Waals surface area contributed by atoms with Gasteiger partial charge in [0.15, 0.2) is 0 Å². The smallest absolute Gasteiger partial charge is 0.0532 e. The molecule has 41 heavy (non-hydrogen) atoms. The fourth-order valence-electron chi connectivity index (χ4n) is 5.41. The molecule has 0 spiro atoms. The maximum Gasteiger partial charge on any atom is 0.0532 e. The molecule has 8 rings (SSSR count). The lowest BCUT2D eigenvalue weighted by atomic mass is 10.0. The van der Waals surface area contributed by atoms with Crippen molar-refractivity contribution in [2.24, 2.45) is 0 Å². The molecule has 0 aromatic heterocycles. The molecule has 0 radical (unpaired) electrons. The van der Waals surface area contributed by atoms with Gasteiger partial charge in [-0.3, -0.25) is 0 Å². The molecule has 0 fully saturated rings. The Morgan fingerprint density at radius 2 is 0.805 bits per heavy atom. The number of hydrogen-bond acceptors (Lipinski definition) is 5. The molecule has 3 N–H and O–H groups in total. The van der Waals surface area contributed by atoms with E-state index in [1.165, 1.54) is 53.2 Å². The van der Waals surface area contributed by atoms with E-state index in [2.05, 4.69) is 149 Å². The third-order valence-corrected chi connectivity index (χ3v) is 9.89. The highest BCUT2D eigenvalue weighted by Gasteiger charge is 2.20. The summed E-state index contributed by atoms with van der Waals surface area (Å²) in [6, 6.07) is 47.3. The number of rotatable bonds is 4. The monoisotopic (exact) mass is 563 g/mol. The van der Waals surface area contributed by atoms with Crippen molar-refractivity contribution in [3.63, 3.8) is 0 Å². The van der Waals surface area contributed by atoms with Gasteiger partial charge < -0.3 is 16.0 Å². The molecule has 6 aromatic rings. The number of anilines is 6. The minimum atomic E-state index is 1.07. The molecule has 0 aliphatic carbocycles. The minimum absolute atomic E-state index is 1.07. The van der Waals surface area contributed by atoms with Crippen molar-refractivity contribution in [3.8, 4) is 22.3 Å². The predicted octanol–water partition coefficient (Wildman–Crippen LogP) is 11.2. The summed E-state index contributed by atoms with van der Waals surface area (Å²) in [5.74, 6) is 0. The fraction of sp³-hybridized carbons (Fsp3) is 0. The SMILES string of the molecule is c1ccc2c(c1)Nc1cccc(-c3ccc(Nc4ccc(-c5cccc6c5Sc5ccccc5N6)cc4)cc3)c1S2. The van der Waals surface area contributed by atoms with Crippen molar-refractivity contribution in [2.45, 2.75) is 19.6 Å². The number of fused-ring (bicyclic) bond motifs is 4. The lowest BCUT2D eigenvalue weighted by molar-refractivity contribution is 1.31. The first kappa shape index (κ1) is 24.2. The molecule has 6 aromatic carbocycles. The van der Waals surface area contributed by atoms with Crippen molar-refractivity contribution in [2.75, 3.05) is 16.0 Å². The number of nitrogens with one attached hydrogen (secondary N) is 3. The first-order valence-corrected chi connectivity index (χ1v) is 15.2. The van der Waals surface area contributed by atoms with E-state index in [-0.39, 0.29) is 0 Å². The molecule has 5 heteroatoms. The van der Waals surface area contributed by atoms with Crippen LogP contribution >= 0.6 is 23.5 Å². The Morgan fingerprint density at radius 1 is 0.390 bits per heavy atom. The first-order valence-electron chi connectivity index (χ1n) is 13.6. The zero-order valence-electron chi connectivity index (χ0n) is 22.0. The van der Waals surface area contributed by atoms with Gasteiger partial charge in [-0.05, 0) is 82.9 Å². The predicted molar refractivity (Wildman–Crippen MR) is 175 cm³/mol. The van der Waals surface area contributed by atoms with E-state index in [9.17, 15) is 0 Å². The van der Waals surface area contributed by atoms with Crippen LogP contribution < -0.4 is 16.0 Å². The van der Waals surface area contributed by atoms with Crippen LogP contribution in [-0.2, 0) is 0 Å². The quantitative estimate of drug-likeness (QED) is 0.198. The number of hydrogen-bond donors (Lipinski definition) is 3. The van der Waals surface area contributed by atoms with Gasteiger partial charge in [0.2, 0.25) is 0 Å². The molecular weight excluding hydrogens is 539 g/mol. The third kappa shape index (κ3) is 4.53. The summed E-state index contributed by atoms with van der Waals surface area (Å²) in [7, 11) is 0. The highest BCUT2D eigenvalue weighted by molar-refractivity contribution is 8.00. The van der Waals surface area contributed by atoms with Crippen LogP contribution in [0.25, 0.3) is 22.3 Å². The zero-order valence-corrected chi connectivity index (χ0v) is 23.7. The Morgan fingerprint density at radius 3 is 1.27 bits per heavy atom. The molecule has 2 aliphatic heterocycles. The molecule has 2 heterocycles. The maximum atomic E-state index is 3.59. The molecule has 0 amide bonds. The molecule has 0 saturated carbocycles. The Labute approximate surface area is 248 Å². The van der Waals surface area contributed by atoms with E-state index >= 15 is 0 Å². The summed E-state index contributed by atoms with van der Waals surface area (Å²) in [5, 5.41) is 10.8. The van der Waals surface area contributed by atoms with Crippen LogP contribution in [0.1, 0.15) is 0 Å².